The average Bonchev–Trinajstić information content (AvgIpc) is 3.11. The second kappa shape index (κ2) is 5.56. The lowest BCUT2D eigenvalue weighted by Gasteiger charge is -2.18. The van der Waals surface area contributed by atoms with Crippen molar-refractivity contribution in [3.63, 3.8) is 0 Å². The maximum atomic E-state index is 4.28. The van der Waals surface area contributed by atoms with E-state index < -0.39 is 0 Å². The number of aromatic nitrogens is 5. The molecule has 2 aromatic heterocycles. The summed E-state index contributed by atoms with van der Waals surface area (Å²) in [7, 11) is 0. The molecule has 2 heterocycles. The van der Waals surface area contributed by atoms with Crippen LogP contribution in [-0.4, -0.2) is 25.0 Å². The number of hydrogen-bond acceptors (Lipinski definition) is 5. The minimum absolute atomic E-state index is 0.0649. The van der Waals surface area contributed by atoms with Crippen molar-refractivity contribution in [2.75, 3.05) is 5.32 Å². The quantitative estimate of drug-likeness (QED) is 0.926. The smallest absolute Gasteiger partial charge is 0.155 e. The van der Waals surface area contributed by atoms with E-state index in [9.17, 15) is 0 Å². The average molecular weight is 272 g/mol. The van der Waals surface area contributed by atoms with Gasteiger partial charge in [-0.25, -0.2) is 0 Å². The molecule has 0 bridgehead atoms. The molecule has 0 amide bonds. The summed E-state index contributed by atoms with van der Waals surface area (Å²) in [5.74, 6) is 1.74. The summed E-state index contributed by atoms with van der Waals surface area (Å²) in [5.41, 5.74) is 0.914. The van der Waals surface area contributed by atoms with E-state index in [1.165, 1.54) is 25.7 Å². The first-order valence-corrected chi connectivity index (χ1v) is 7.20. The highest BCUT2D eigenvalue weighted by molar-refractivity contribution is 5.34. The predicted octanol–water partition coefficient (Wildman–Crippen LogP) is 2.66. The zero-order valence-electron chi connectivity index (χ0n) is 12.0. The summed E-state index contributed by atoms with van der Waals surface area (Å²) < 4.78 is 2.21. The van der Waals surface area contributed by atoms with E-state index in [2.05, 4.69) is 37.2 Å². The summed E-state index contributed by atoms with van der Waals surface area (Å²) >= 11 is 0. The Labute approximate surface area is 118 Å². The Morgan fingerprint density at radius 1 is 1.20 bits per heavy atom. The van der Waals surface area contributed by atoms with Crippen LogP contribution in [0, 0.1) is 6.92 Å². The number of anilines is 1. The van der Waals surface area contributed by atoms with Crippen molar-refractivity contribution < 1.29 is 0 Å². The predicted molar refractivity (Wildman–Crippen MR) is 76.3 cm³/mol. The van der Waals surface area contributed by atoms with Crippen LogP contribution in [0.5, 0.6) is 0 Å². The largest absolute Gasteiger partial charge is 0.359 e. The van der Waals surface area contributed by atoms with E-state index in [4.69, 9.17) is 0 Å². The lowest BCUT2D eigenvalue weighted by atomic mass is 10.2. The molecular formula is C14H20N6. The van der Waals surface area contributed by atoms with Gasteiger partial charge >= 0.3 is 0 Å². The first-order valence-electron chi connectivity index (χ1n) is 7.20. The van der Waals surface area contributed by atoms with Crippen molar-refractivity contribution in [1.29, 1.82) is 0 Å². The van der Waals surface area contributed by atoms with Crippen LogP contribution < -0.4 is 5.32 Å². The molecule has 1 aliphatic rings. The van der Waals surface area contributed by atoms with Crippen LogP contribution in [0.4, 0.5) is 5.82 Å². The normalized spacial score (nSPS) is 17.3. The van der Waals surface area contributed by atoms with E-state index in [0.717, 1.165) is 17.3 Å². The van der Waals surface area contributed by atoms with Gasteiger partial charge in [0.05, 0.1) is 11.7 Å². The van der Waals surface area contributed by atoms with Crippen LogP contribution >= 0.6 is 0 Å². The Hall–Kier alpha value is -1.98. The molecule has 1 atom stereocenters. The summed E-state index contributed by atoms with van der Waals surface area (Å²) in [6, 6.07) is 4.50. The molecule has 106 valence electrons. The van der Waals surface area contributed by atoms with Crippen LogP contribution in [0.15, 0.2) is 18.5 Å². The van der Waals surface area contributed by atoms with Gasteiger partial charge in [-0.05, 0) is 38.8 Å². The molecule has 6 nitrogen and oxygen atoms in total. The Bertz CT molecular complexity index is 555. The minimum atomic E-state index is 0.0649. The van der Waals surface area contributed by atoms with E-state index in [0.29, 0.717) is 6.04 Å². The Kier molecular flexibility index (Phi) is 3.62. The van der Waals surface area contributed by atoms with Gasteiger partial charge in [-0.15, -0.1) is 15.3 Å². The fourth-order valence-corrected chi connectivity index (χ4v) is 2.79. The molecule has 3 rings (SSSR count). The van der Waals surface area contributed by atoms with Crippen molar-refractivity contribution in [2.24, 2.45) is 0 Å². The molecule has 1 aliphatic carbocycles. The Morgan fingerprint density at radius 3 is 2.70 bits per heavy atom. The van der Waals surface area contributed by atoms with Gasteiger partial charge in [0.2, 0.25) is 0 Å². The summed E-state index contributed by atoms with van der Waals surface area (Å²) in [5, 5.41) is 19.9. The summed E-state index contributed by atoms with van der Waals surface area (Å²) in [4.78, 5) is 0. The standard InChI is InChI=1S/C14H20N6/c1-10-7-8-13(18-17-10)16-11(2)14-19-15-9-20(14)12-5-3-4-6-12/h7-9,11-12H,3-6H2,1-2H3,(H,16,18). The second-order valence-corrected chi connectivity index (χ2v) is 5.46. The molecule has 1 unspecified atom stereocenters. The van der Waals surface area contributed by atoms with Gasteiger partial charge < -0.3 is 9.88 Å². The van der Waals surface area contributed by atoms with Crippen LogP contribution in [0.3, 0.4) is 0 Å². The first kappa shape index (κ1) is 13.0. The highest BCUT2D eigenvalue weighted by Crippen LogP contribution is 2.31. The molecule has 0 aromatic carbocycles. The SMILES string of the molecule is Cc1ccc(NC(C)c2nncn2C2CCCC2)nn1. The van der Waals surface area contributed by atoms with E-state index in [-0.39, 0.29) is 6.04 Å². The third-order valence-corrected chi connectivity index (χ3v) is 3.87. The van der Waals surface area contributed by atoms with Gasteiger partial charge in [-0.2, -0.15) is 5.10 Å². The van der Waals surface area contributed by atoms with Crippen LogP contribution in [0.1, 0.15) is 56.2 Å². The number of aryl methyl sites for hydroxylation is 1. The van der Waals surface area contributed by atoms with Crippen LogP contribution in [-0.2, 0) is 0 Å². The molecule has 0 spiro atoms. The number of nitrogens with zero attached hydrogens (tertiary/aromatic N) is 5. The maximum Gasteiger partial charge on any atom is 0.155 e. The summed E-state index contributed by atoms with van der Waals surface area (Å²) in [6.07, 6.45) is 6.90. The number of hydrogen-bond donors (Lipinski definition) is 1. The van der Waals surface area contributed by atoms with Crippen LogP contribution in [0.2, 0.25) is 0 Å². The maximum absolute atomic E-state index is 4.28. The molecule has 20 heavy (non-hydrogen) atoms. The van der Waals surface area contributed by atoms with E-state index >= 15 is 0 Å². The molecule has 0 radical (unpaired) electrons. The van der Waals surface area contributed by atoms with Gasteiger partial charge in [0, 0.05) is 6.04 Å². The van der Waals surface area contributed by atoms with Gasteiger partial charge in [-0.3, -0.25) is 0 Å². The molecule has 1 N–H and O–H groups in total. The van der Waals surface area contributed by atoms with Gasteiger partial charge in [-0.1, -0.05) is 12.8 Å². The second-order valence-electron chi connectivity index (χ2n) is 5.46. The molecule has 0 saturated heterocycles. The molecule has 0 aliphatic heterocycles. The molecule has 1 saturated carbocycles. The van der Waals surface area contributed by atoms with Crippen LogP contribution in [0.25, 0.3) is 0 Å². The van der Waals surface area contributed by atoms with Gasteiger partial charge in [0.25, 0.3) is 0 Å². The molecule has 1 fully saturated rings. The third kappa shape index (κ3) is 2.64. The number of rotatable bonds is 4. The zero-order valence-corrected chi connectivity index (χ0v) is 12.0. The lowest BCUT2D eigenvalue weighted by Crippen LogP contribution is -2.16. The fraction of sp³-hybridized carbons (Fsp3) is 0.571. The highest BCUT2D eigenvalue weighted by Gasteiger charge is 2.22. The van der Waals surface area contributed by atoms with Crippen molar-refractivity contribution in [2.45, 2.75) is 51.6 Å². The van der Waals surface area contributed by atoms with E-state index in [1.807, 2.05) is 25.4 Å². The molecular weight excluding hydrogens is 252 g/mol. The van der Waals surface area contributed by atoms with E-state index in [1.54, 1.807) is 0 Å². The lowest BCUT2D eigenvalue weighted by molar-refractivity contribution is 0.487. The zero-order chi connectivity index (χ0) is 13.9. The first-order chi connectivity index (χ1) is 9.74. The Morgan fingerprint density at radius 2 is 2.00 bits per heavy atom. The van der Waals surface area contributed by atoms with Gasteiger partial charge in [0.15, 0.2) is 5.82 Å². The third-order valence-electron chi connectivity index (χ3n) is 3.87. The Balaban J connectivity index is 1.75. The minimum Gasteiger partial charge on any atom is -0.359 e. The topological polar surface area (TPSA) is 68.5 Å². The monoisotopic (exact) mass is 272 g/mol. The summed E-state index contributed by atoms with van der Waals surface area (Å²) in [6.45, 7) is 4.01. The number of nitrogens with one attached hydrogen (secondary N) is 1. The van der Waals surface area contributed by atoms with Crippen molar-refractivity contribution in [3.8, 4) is 0 Å². The van der Waals surface area contributed by atoms with Crippen molar-refractivity contribution in [3.05, 3.63) is 30.0 Å². The van der Waals surface area contributed by atoms with Crippen molar-refractivity contribution >= 4 is 5.82 Å². The molecule has 2 aromatic rings. The fourth-order valence-electron chi connectivity index (χ4n) is 2.79. The molecule has 6 heteroatoms. The van der Waals surface area contributed by atoms with Crippen molar-refractivity contribution in [1.82, 2.24) is 25.0 Å². The highest BCUT2D eigenvalue weighted by atomic mass is 15.3. The van der Waals surface area contributed by atoms with Gasteiger partial charge in [0.1, 0.15) is 12.1 Å².